The number of hydrogen-bond acceptors (Lipinski definition) is 3. The van der Waals surface area contributed by atoms with Crippen molar-refractivity contribution in [1.82, 2.24) is 4.90 Å². The van der Waals surface area contributed by atoms with Gasteiger partial charge in [0.2, 0.25) is 0 Å². The van der Waals surface area contributed by atoms with Crippen molar-refractivity contribution in [3.05, 3.63) is 82.3 Å². The Bertz CT molecular complexity index is 1080. The van der Waals surface area contributed by atoms with Crippen molar-refractivity contribution >= 4 is 40.3 Å². The lowest BCUT2D eigenvalue weighted by molar-refractivity contribution is 0.360. The standard InChI is InChI=1S/C27H32ClN3OS/c1-3-4-14-30-15-6-8-22-17-21(12-13-26(22)30)18-31(19-23-9-7-16-32-23)27(33)29-25-11-5-10-24(28)20(25)2/h5,7,9-13,16-17H,3-4,6,8,14-15,18-19H2,1-2H3,(H,29,33). The van der Waals surface area contributed by atoms with Gasteiger partial charge < -0.3 is 19.5 Å². The number of benzene rings is 2. The van der Waals surface area contributed by atoms with Gasteiger partial charge >= 0.3 is 0 Å². The molecule has 0 aliphatic carbocycles. The molecule has 174 valence electrons. The second-order valence-corrected chi connectivity index (χ2v) is 9.48. The van der Waals surface area contributed by atoms with Crippen LogP contribution in [-0.2, 0) is 19.5 Å². The summed E-state index contributed by atoms with van der Waals surface area (Å²) < 4.78 is 5.63. The second-order valence-electron chi connectivity index (χ2n) is 8.69. The maximum atomic E-state index is 6.32. The molecule has 1 aromatic heterocycles. The van der Waals surface area contributed by atoms with Gasteiger partial charge in [-0.25, -0.2) is 0 Å². The molecule has 0 fully saturated rings. The number of rotatable bonds is 8. The van der Waals surface area contributed by atoms with Crippen LogP contribution in [0.5, 0.6) is 0 Å². The highest BCUT2D eigenvalue weighted by Crippen LogP contribution is 2.29. The van der Waals surface area contributed by atoms with Crippen molar-refractivity contribution in [3.63, 3.8) is 0 Å². The summed E-state index contributed by atoms with van der Waals surface area (Å²) in [6, 6.07) is 16.6. The lowest BCUT2D eigenvalue weighted by atomic mass is 9.98. The van der Waals surface area contributed by atoms with Crippen LogP contribution in [-0.4, -0.2) is 23.1 Å². The topological polar surface area (TPSA) is 31.6 Å². The van der Waals surface area contributed by atoms with E-state index in [1.165, 1.54) is 36.1 Å². The van der Waals surface area contributed by atoms with Crippen LogP contribution in [0, 0.1) is 6.92 Å². The van der Waals surface area contributed by atoms with Crippen molar-refractivity contribution < 1.29 is 4.42 Å². The monoisotopic (exact) mass is 481 g/mol. The SMILES string of the molecule is CCCCN1CCCc2cc(CN(Cc3ccco3)C(=S)Nc3cccc(Cl)c3C)ccc21. The minimum atomic E-state index is 0.595. The Balaban J connectivity index is 1.54. The largest absolute Gasteiger partial charge is 0.467 e. The van der Waals surface area contributed by atoms with E-state index < -0.39 is 0 Å². The summed E-state index contributed by atoms with van der Waals surface area (Å²) in [4.78, 5) is 4.69. The highest BCUT2D eigenvalue weighted by atomic mass is 35.5. The van der Waals surface area contributed by atoms with E-state index in [0.29, 0.717) is 18.2 Å². The smallest absolute Gasteiger partial charge is 0.174 e. The number of aryl methyl sites for hydroxylation is 1. The molecule has 2 aromatic carbocycles. The molecule has 1 aliphatic heterocycles. The Morgan fingerprint density at radius 2 is 2.06 bits per heavy atom. The van der Waals surface area contributed by atoms with Crippen molar-refractivity contribution in [3.8, 4) is 0 Å². The zero-order chi connectivity index (χ0) is 23.2. The number of thiocarbonyl (C=S) groups is 1. The second kappa shape index (κ2) is 11.1. The van der Waals surface area contributed by atoms with Crippen LogP contribution in [0.4, 0.5) is 11.4 Å². The number of unbranched alkanes of at least 4 members (excludes halogenated alkanes) is 1. The highest BCUT2D eigenvalue weighted by molar-refractivity contribution is 7.80. The van der Waals surface area contributed by atoms with Crippen LogP contribution < -0.4 is 10.2 Å². The maximum absolute atomic E-state index is 6.32. The molecule has 0 saturated carbocycles. The lowest BCUT2D eigenvalue weighted by Gasteiger charge is -2.32. The van der Waals surface area contributed by atoms with Gasteiger partial charge in [-0.05, 0) is 85.4 Å². The van der Waals surface area contributed by atoms with Crippen LogP contribution in [0.2, 0.25) is 5.02 Å². The van der Waals surface area contributed by atoms with Gasteiger partial charge in [-0.3, -0.25) is 0 Å². The minimum absolute atomic E-state index is 0.595. The molecule has 0 saturated heterocycles. The van der Waals surface area contributed by atoms with E-state index in [0.717, 1.165) is 41.5 Å². The van der Waals surface area contributed by atoms with Gasteiger partial charge in [0, 0.05) is 36.0 Å². The van der Waals surface area contributed by atoms with Gasteiger partial charge in [0.05, 0.1) is 12.8 Å². The Labute approximate surface area is 207 Å². The summed E-state index contributed by atoms with van der Waals surface area (Å²) in [7, 11) is 0. The zero-order valence-electron chi connectivity index (χ0n) is 19.4. The van der Waals surface area contributed by atoms with Crippen molar-refractivity contribution in [2.24, 2.45) is 0 Å². The Morgan fingerprint density at radius 1 is 1.18 bits per heavy atom. The predicted molar refractivity (Wildman–Crippen MR) is 142 cm³/mol. The molecule has 0 atom stereocenters. The van der Waals surface area contributed by atoms with E-state index in [4.69, 9.17) is 28.2 Å². The molecule has 4 rings (SSSR count). The van der Waals surface area contributed by atoms with Gasteiger partial charge in [-0.1, -0.05) is 43.1 Å². The van der Waals surface area contributed by atoms with Crippen LogP contribution in [0.1, 0.15) is 48.6 Å². The first-order chi connectivity index (χ1) is 16.0. The van der Waals surface area contributed by atoms with Crippen molar-refractivity contribution in [2.75, 3.05) is 23.3 Å². The van der Waals surface area contributed by atoms with Crippen LogP contribution in [0.3, 0.4) is 0 Å². The summed E-state index contributed by atoms with van der Waals surface area (Å²) in [6.07, 6.45) is 6.51. The third kappa shape index (κ3) is 5.90. The maximum Gasteiger partial charge on any atom is 0.174 e. The minimum Gasteiger partial charge on any atom is -0.467 e. The van der Waals surface area contributed by atoms with E-state index in [1.807, 2.05) is 37.3 Å². The van der Waals surface area contributed by atoms with Gasteiger partial charge in [0.25, 0.3) is 0 Å². The van der Waals surface area contributed by atoms with E-state index in [-0.39, 0.29) is 0 Å². The number of fused-ring (bicyclic) bond motifs is 1. The van der Waals surface area contributed by atoms with Gasteiger partial charge in [0.1, 0.15) is 5.76 Å². The molecule has 0 radical (unpaired) electrons. The molecule has 0 unspecified atom stereocenters. The van der Waals surface area contributed by atoms with Crippen LogP contribution >= 0.6 is 23.8 Å². The Morgan fingerprint density at radius 3 is 2.85 bits per heavy atom. The summed E-state index contributed by atoms with van der Waals surface area (Å²) >= 11 is 12.2. The number of anilines is 2. The molecule has 6 heteroatoms. The molecular formula is C27H32ClN3OS. The normalized spacial score (nSPS) is 13.0. The third-order valence-electron chi connectivity index (χ3n) is 6.24. The fourth-order valence-corrected chi connectivity index (χ4v) is 4.77. The van der Waals surface area contributed by atoms with E-state index >= 15 is 0 Å². The fourth-order valence-electron chi connectivity index (χ4n) is 4.36. The van der Waals surface area contributed by atoms with Crippen molar-refractivity contribution in [2.45, 2.75) is 52.6 Å². The molecule has 0 amide bonds. The zero-order valence-corrected chi connectivity index (χ0v) is 21.0. The highest BCUT2D eigenvalue weighted by Gasteiger charge is 2.19. The Hall–Kier alpha value is -2.50. The van der Waals surface area contributed by atoms with Gasteiger partial charge in [-0.15, -0.1) is 0 Å². The molecule has 3 aromatic rings. The van der Waals surface area contributed by atoms with Gasteiger partial charge in [0.15, 0.2) is 5.11 Å². The number of hydrogen-bond donors (Lipinski definition) is 1. The van der Waals surface area contributed by atoms with Crippen LogP contribution in [0.25, 0.3) is 0 Å². The summed E-state index contributed by atoms with van der Waals surface area (Å²) in [5.74, 6) is 0.880. The summed E-state index contributed by atoms with van der Waals surface area (Å²) in [5, 5.41) is 4.78. The predicted octanol–water partition coefficient (Wildman–Crippen LogP) is 7.19. The quantitative estimate of drug-likeness (QED) is 0.344. The molecule has 0 bridgehead atoms. The van der Waals surface area contributed by atoms with E-state index in [9.17, 15) is 0 Å². The lowest BCUT2D eigenvalue weighted by Crippen LogP contribution is -2.34. The first kappa shape index (κ1) is 23.7. The third-order valence-corrected chi connectivity index (χ3v) is 7.01. The molecular weight excluding hydrogens is 450 g/mol. The molecule has 2 heterocycles. The van der Waals surface area contributed by atoms with Crippen molar-refractivity contribution in [1.29, 1.82) is 0 Å². The molecule has 1 N–H and O–H groups in total. The van der Waals surface area contributed by atoms with E-state index in [1.54, 1.807) is 6.26 Å². The first-order valence-electron chi connectivity index (χ1n) is 11.8. The summed E-state index contributed by atoms with van der Waals surface area (Å²) in [5.41, 5.74) is 6.00. The fraction of sp³-hybridized carbons (Fsp3) is 0.370. The molecule has 1 aliphatic rings. The van der Waals surface area contributed by atoms with Gasteiger partial charge in [-0.2, -0.15) is 0 Å². The Kier molecular flexibility index (Phi) is 7.94. The van der Waals surface area contributed by atoms with Crippen LogP contribution in [0.15, 0.2) is 59.2 Å². The average molecular weight is 482 g/mol. The first-order valence-corrected chi connectivity index (χ1v) is 12.5. The number of furan rings is 1. The number of halogens is 1. The average Bonchev–Trinajstić information content (AvgIpc) is 3.33. The molecule has 0 spiro atoms. The number of nitrogens with zero attached hydrogens (tertiary/aromatic N) is 2. The summed E-state index contributed by atoms with van der Waals surface area (Å²) in [6.45, 7) is 7.85. The van der Waals surface area contributed by atoms with E-state index in [2.05, 4.69) is 40.2 Å². The number of nitrogens with one attached hydrogen (secondary N) is 1. The molecule has 33 heavy (non-hydrogen) atoms. The molecule has 4 nitrogen and oxygen atoms in total.